The summed E-state index contributed by atoms with van der Waals surface area (Å²) in [5.74, 6) is 0.670. The number of nitrogens with one attached hydrogen (secondary N) is 1. The molecule has 0 aliphatic carbocycles. The normalized spacial score (nSPS) is 10.8. The molecule has 28 heavy (non-hydrogen) atoms. The van der Waals surface area contributed by atoms with E-state index in [0.717, 1.165) is 30.8 Å². The van der Waals surface area contributed by atoms with Crippen molar-refractivity contribution in [3.63, 3.8) is 0 Å². The maximum Gasteiger partial charge on any atom is 0.269 e. The first kappa shape index (κ1) is 19.6. The van der Waals surface area contributed by atoms with E-state index in [1.165, 1.54) is 10.8 Å². The monoisotopic (exact) mass is 379 g/mol. The number of unbranched alkanes of at least 4 members (excludes halogenated alkanes) is 1. The predicted octanol–water partition coefficient (Wildman–Crippen LogP) is 2.93. The number of hydrogen-bond acceptors (Lipinski definition) is 4. The molecule has 6 nitrogen and oxygen atoms in total. The van der Waals surface area contributed by atoms with Crippen LogP contribution in [-0.2, 0) is 17.8 Å². The second kappa shape index (κ2) is 9.69. The molecular weight excluding hydrogens is 354 g/mol. The van der Waals surface area contributed by atoms with Crippen molar-refractivity contribution in [2.75, 3.05) is 13.2 Å². The molecule has 146 valence electrons. The van der Waals surface area contributed by atoms with Crippen LogP contribution in [0.25, 0.3) is 11.0 Å². The topological polar surface area (TPSA) is 73.2 Å². The first-order valence-corrected chi connectivity index (χ1v) is 9.60. The van der Waals surface area contributed by atoms with Crippen molar-refractivity contribution in [1.29, 1.82) is 0 Å². The van der Waals surface area contributed by atoms with Crippen molar-refractivity contribution in [1.82, 2.24) is 14.9 Å². The van der Waals surface area contributed by atoms with Gasteiger partial charge in [0.15, 0.2) is 0 Å². The number of fused-ring (bicyclic) bond motifs is 1. The van der Waals surface area contributed by atoms with Crippen LogP contribution in [0, 0.1) is 0 Å². The molecule has 0 fully saturated rings. The Kier molecular flexibility index (Phi) is 6.78. The van der Waals surface area contributed by atoms with E-state index in [1.807, 2.05) is 42.5 Å². The molecule has 6 heteroatoms. The Hall–Kier alpha value is -3.15. The minimum atomic E-state index is -0.285. The summed E-state index contributed by atoms with van der Waals surface area (Å²) in [6.07, 6.45) is 4.12. The third-order valence-electron chi connectivity index (χ3n) is 4.48. The van der Waals surface area contributed by atoms with Crippen LogP contribution in [0.15, 0.2) is 59.5 Å². The molecule has 0 saturated heterocycles. The Balaban J connectivity index is 1.51. The number of hydrogen-bond donors (Lipinski definition) is 1. The summed E-state index contributed by atoms with van der Waals surface area (Å²) in [6.45, 7) is 3.35. The number of rotatable bonds is 9. The minimum Gasteiger partial charge on any atom is -0.494 e. The number of aromatic nitrogens is 2. The average Bonchev–Trinajstić information content (AvgIpc) is 2.71. The molecule has 0 aliphatic rings. The van der Waals surface area contributed by atoms with Crippen LogP contribution in [0.3, 0.4) is 0 Å². The van der Waals surface area contributed by atoms with Gasteiger partial charge in [0.25, 0.3) is 5.56 Å². The second-order valence-electron chi connectivity index (χ2n) is 6.62. The summed E-state index contributed by atoms with van der Waals surface area (Å²) < 4.78 is 7.09. The van der Waals surface area contributed by atoms with Gasteiger partial charge in [-0.3, -0.25) is 14.2 Å². The van der Waals surface area contributed by atoms with Gasteiger partial charge in [-0.2, -0.15) is 0 Å². The van der Waals surface area contributed by atoms with Gasteiger partial charge < -0.3 is 10.1 Å². The number of benzene rings is 2. The Morgan fingerprint density at radius 3 is 2.71 bits per heavy atom. The summed E-state index contributed by atoms with van der Waals surface area (Å²) >= 11 is 0. The lowest BCUT2D eigenvalue weighted by molar-refractivity contribution is -0.121. The highest BCUT2D eigenvalue weighted by atomic mass is 16.5. The number of carbonyl (C=O) groups excluding carboxylic acids is 1. The molecule has 0 atom stereocenters. The number of ether oxygens (including phenoxy) is 1. The zero-order valence-corrected chi connectivity index (χ0v) is 16.1. The van der Waals surface area contributed by atoms with Crippen molar-refractivity contribution in [2.24, 2.45) is 0 Å². The molecule has 3 aromatic rings. The highest BCUT2D eigenvalue weighted by molar-refractivity contribution is 5.79. The fourth-order valence-corrected chi connectivity index (χ4v) is 2.91. The summed E-state index contributed by atoms with van der Waals surface area (Å²) in [7, 11) is 0. The summed E-state index contributed by atoms with van der Waals surface area (Å²) in [5, 5.41) is 2.88. The van der Waals surface area contributed by atoms with E-state index in [1.54, 1.807) is 6.07 Å². The van der Waals surface area contributed by atoms with Gasteiger partial charge in [-0.15, -0.1) is 0 Å². The second-order valence-corrected chi connectivity index (χ2v) is 6.62. The number of carbonyl (C=O) groups is 1. The van der Waals surface area contributed by atoms with Gasteiger partial charge in [-0.25, -0.2) is 4.98 Å². The Bertz CT molecular complexity index is 980. The predicted molar refractivity (Wildman–Crippen MR) is 110 cm³/mol. The maximum absolute atomic E-state index is 12.3. The van der Waals surface area contributed by atoms with Crippen molar-refractivity contribution in [2.45, 2.75) is 32.7 Å². The fourth-order valence-electron chi connectivity index (χ4n) is 2.91. The van der Waals surface area contributed by atoms with E-state index in [2.05, 4.69) is 17.2 Å². The maximum atomic E-state index is 12.3. The Labute approximate surface area is 164 Å². The molecule has 1 N–H and O–H groups in total. The quantitative estimate of drug-likeness (QED) is 0.580. The lowest BCUT2D eigenvalue weighted by Crippen LogP contribution is -2.33. The SMILES string of the molecule is CCCCOc1ccc(CCNC(=O)Cn2c(=O)cnc3ccccc32)cc1. The van der Waals surface area contributed by atoms with Crippen molar-refractivity contribution < 1.29 is 9.53 Å². The van der Waals surface area contributed by atoms with E-state index in [-0.39, 0.29) is 18.0 Å². The highest BCUT2D eigenvalue weighted by Crippen LogP contribution is 2.13. The van der Waals surface area contributed by atoms with E-state index < -0.39 is 0 Å². The van der Waals surface area contributed by atoms with E-state index in [4.69, 9.17) is 4.74 Å². The smallest absolute Gasteiger partial charge is 0.269 e. The molecule has 1 aromatic heterocycles. The molecular formula is C22H25N3O3. The molecule has 2 aromatic carbocycles. The van der Waals surface area contributed by atoms with Crippen LogP contribution in [-0.4, -0.2) is 28.6 Å². The fraction of sp³-hybridized carbons (Fsp3) is 0.318. The summed E-state index contributed by atoms with van der Waals surface area (Å²) in [6, 6.07) is 15.2. The molecule has 0 aliphatic heterocycles. The number of amides is 1. The van der Waals surface area contributed by atoms with Crippen molar-refractivity contribution in [3.8, 4) is 5.75 Å². The number of para-hydroxylation sites is 2. The van der Waals surface area contributed by atoms with Crippen LogP contribution >= 0.6 is 0 Å². The van der Waals surface area contributed by atoms with Gasteiger partial charge >= 0.3 is 0 Å². The molecule has 0 bridgehead atoms. The van der Waals surface area contributed by atoms with Gasteiger partial charge in [-0.05, 0) is 42.7 Å². The molecule has 1 amide bonds. The molecule has 0 radical (unpaired) electrons. The lowest BCUT2D eigenvalue weighted by atomic mass is 10.1. The molecule has 0 spiro atoms. The van der Waals surface area contributed by atoms with Crippen molar-refractivity contribution >= 4 is 16.9 Å². The molecule has 1 heterocycles. The Morgan fingerprint density at radius 1 is 1.14 bits per heavy atom. The first-order valence-electron chi connectivity index (χ1n) is 9.60. The average molecular weight is 379 g/mol. The van der Waals surface area contributed by atoms with Gasteiger partial charge in [0, 0.05) is 6.54 Å². The largest absolute Gasteiger partial charge is 0.494 e. The lowest BCUT2D eigenvalue weighted by Gasteiger charge is -2.10. The van der Waals surface area contributed by atoms with Crippen LogP contribution in [0.2, 0.25) is 0 Å². The van der Waals surface area contributed by atoms with Gasteiger partial charge in [0.1, 0.15) is 12.3 Å². The van der Waals surface area contributed by atoms with Crippen molar-refractivity contribution in [3.05, 3.63) is 70.6 Å². The zero-order valence-electron chi connectivity index (χ0n) is 16.1. The highest BCUT2D eigenvalue weighted by Gasteiger charge is 2.08. The molecule has 0 saturated carbocycles. The summed E-state index contributed by atoms with van der Waals surface area (Å²) in [4.78, 5) is 28.5. The van der Waals surface area contributed by atoms with E-state index >= 15 is 0 Å². The first-order chi connectivity index (χ1) is 13.7. The number of nitrogens with zero attached hydrogens (tertiary/aromatic N) is 2. The summed E-state index contributed by atoms with van der Waals surface area (Å²) in [5.41, 5.74) is 2.18. The van der Waals surface area contributed by atoms with Crippen LogP contribution in [0.1, 0.15) is 25.3 Å². The standard InChI is InChI=1S/C22H25N3O3/c1-2-3-14-28-18-10-8-17(9-11-18)12-13-23-21(26)16-25-20-7-5-4-6-19(20)24-15-22(25)27/h4-11,15H,2-3,12-14,16H2,1H3,(H,23,26). The van der Waals surface area contributed by atoms with Crippen LogP contribution < -0.4 is 15.6 Å². The molecule has 0 unspecified atom stereocenters. The van der Waals surface area contributed by atoms with E-state index in [0.29, 0.717) is 24.0 Å². The van der Waals surface area contributed by atoms with Crippen LogP contribution in [0.4, 0.5) is 0 Å². The Morgan fingerprint density at radius 2 is 1.93 bits per heavy atom. The van der Waals surface area contributed by atoms with E-state index in [9.17, 15) is 9.59 Å². The van der Waals surface area contributed by atoms with Gasteiger partial charge in [0.2, 0.25) is 5.91 Å². The third-order valence-corrected chi connectivity index (χ3v) is 4.48. The molecule has 3 rings (SSSR count). The third kappa shape index (κ3) is 5.19. The minimum absolute atomic E-state index is 0.0218. The zero-order chi connectivity index (χ0) is 19.8. The van der Waals surface area contributed by atoms with Gasteiger partial charge in [-0.1, -0.05) is 37.6 Å². The van der Waals surface area contributed by atoms with Crippen LogP contribution in [0.5, 0.6) is 5.75 Å². The van der Waals surface area contributed by atoms with Gasteiger partial charge in [0.05, 0.1) is 23.8 Å².